The minimum atomic E-state index is -0.0378. The van der Waals surface area contributed by atoms with Gasteiger partial charge in [-0.15, -0.1) is 11.3 Å². The Labute approximate surface area is 160 Å². The molecular weight excluding hydrogens is 344 g/mol. The van der Waals surface area contributed by atoms with E-state index in [2.05, 4.69) is 47.0 Å². The van der Waals surface area contributed by atoms with Crippen LogP contribution in [0.5, 0.6) is 0 Å². The fraction of sp³-hybridized carbons (Fsp3) is 0.400. The first-order valence-electron chi connectivity index (χ1n) is 9.03. The average Bonchev–Trinajstić information content (AvgIpc) is 3.17. The van der Waals surface area contributed by atoms with Gasteiger partial charge in [-0.25, -0.2) is 4.99 Å². The first-order chi connectivity index (χ1) is 12.6. The summed E-state index contributed by atoms with van der Waals surface area (Å²) in [4.78, 5) is 20.1. The number of benzene rings is 1. The van der Waals surface area contributed by atoms with E-state index in [4.69, 9.17) is 4.99 Å². The zero-order chi connectivity index (χ0) is 18.8. The standard InChI is InChI=1S/C20H28N4OS/c1-4-21-19(25)17-10-8-16(9-11-17)15-23-20(22-5-2)24(3)13-12-18-7-6-14-26-18/h6-11,14H,4-5,12-13,15H2,1-3H3,(H,21,25)(H,22,23). The monoisotopic (exact) mass is 372 g/mol. The van der Waals surface area contributed by atoms with Crippen LogP contribution < -0.4 is 10.6 Å². The molecule has 2 aromatic rings. The van der Waals surface area contributed by atoms with Gasteiger partial charge >= 0.3 is 0 Å². The third kappa shape index (κ3) is 6.19. The Morgan fingerprint density at radius 1 is 1.12 bits per heavy atom. The largest absolute Gasteiger partial charge is 0.357 e. The lowest BCUT2D eigenvalue weighted by Gasteiger charge is -2.21. The first-order valence-corrected chi connectivity index (χ1v) is 9.91. The van der Waals surface area contributed by atoms with Crippen LogP contribution in [-0.2, 0) is 13.0 Å². The van der Waals surface area contributed by atoms with Crippen LogP contribution in [0.3, 0.4) is 0 Å². The molecule has 0 spiro atoms. The van der Waals surface area contributed by atoms with Gasteiger partial charge in [-0.05, 0) is 49.4 Å². The molecule has 0 saturated heterocycles. The van der Waals surface area contributed by atoms with E-state index in [1.165, 1.54) is 4.88 Å². The van der Waals surface area contributed by atoms with Crippen LogP contribution in [-0.4, -0.2) is 43.4 Å². The van der Waals surface area contributed by atoms with Crippen molar-refractivity contribution in [3.63, 3.8) is 0 Å². The smallest absolute Gasteiger partial charge is 0.251 e. The molecule has 0 atom stereocenters. The number of likely N-dealkylation sites (N-methyl/N-ethyl adjacent to an activating group) is 1. The second-order valence-electron chi connectivity index (χ2n) is 5.98. The van der Waals surface area contributed by atoms with Gasteiger partial charge in [0.15, 0.2) is 5.96 Å². The van der Waals surface area contributed by atoms with Gasteiger partial charge < -0.3 is 15.5 Å². The Kier molecular flexibility index (Phi) is 8.15. The molecule has 0 bridgehead atoms. The number of nitrogens with one attached hydrogen (secondary N) is 2. The molecule has 0 aliphatic carbocycles. The molecule has 2 N–H and O–H groups in total. The highest BCUT2D eigenvalue weighted by Crippen LogP contribution is 2.10. The topological polar surface area (TPSA) is 56.7 Å². The Hall–Kier alpha value is -2.34. The van der Waals surface area contributed by atoms with E-state index < -0.39 is 0 Å². The predicted octanol–water partition coefficient (Wildman–Crippen LogP) is 3.14. The molecule has 0 radical (unpaired) electrons. The molecule has 6 heteroatoms. The molecule has 2 rings (SSSR count). The number of aliphatic imine (C=N–C) groups is 1. The van der Waals surface area contributed by atoms with Crippen LogP contribution >= 0.6 is 11.3 Å². The van der Waals surface area contributed by atoms with E-state index in [0.29, 0.717) is 18.7 Å². The fourth-order valence-corrected chi connectivity index (χ4v) is 3.20. The van der Waals surface area contributed by atoms with Crippen molar-refractivity contribution in [2.24, 2.45) is 4.99 Å². The SMILES string of the molecule is CCNC(=O)c1ccc(CN=C(NCC)N(C)CCc2cccs2)cc1. The van der Waals surface area contributed by atoms with E-state index in [9.17, 15) is 4.79 Å². The van der Waals surface area contributed by atoms with Crippen LogP contribution in [0.15, 0.2) is 46.8 Å². The van der Waals surface area contributed by atoms with Crippen LogP contribution in [0, 0.1) is 0 Å². The molecule has 1 aromatic carbocycles. The maximum Gasteiger partial charge on any atom is 0.251 e. The van der Waals surface area contributed by atoms with E-state index in [-0.39, 0.29) is 5.91 Å². The summed E-state index contributed by atoms with van der Waals surface area (Å²) in [6.07, 6.45) is 1.01. The molecule has 0 unspecified atom stereocenters. The van der Waals surface area contributed by atoms with Gasteiger partial charge in [0.2, 0.25) is 0 Å². The van der Waals surface area contributed by atoms with Gasteiger partial charge in [0.05, 0.1) is 6.54 Å². The highest BCUT2D eigenvalue weighted by molar-refractivity contribution is 7.09. The van der Waals surface area contributed by atoms with Gasteiger partial charge in [0, 0.05) is 37.1 Å². The van der Waals surface area contributed by atoms with E-state index in [0.717, 1.165) is 31.0 Å². The van der Waals surface area contributed by atoms with Crippen molar-refractivity contribution in [2.45, 2.75) is 26.8 Å². The Morgan fingerprint density at radius 2 is 1.85 bits per heavy atom. The van der Waals surface area contributed by atoms with Gasteiger partial charge in [0.1, 0.15) is 0 Å². The number of thiophene rings is 1. The number of rotatable bonds is 8. The molecule has 0 aliphatic heterocycles. The maximum absolute atomic E-state index is 11.8. The summed E-state index contributed by atoms with van der Waals surface area (Å²) in [5.74, 6) is 0.862. The Balaban J connectivity index is 1.95. The molecule has 1 heterocycles. The molecule has 5 nitrogen and oxygen atoms in total. The zero-order valence-electron chi connectivity index (χ0n) is 15.8. The average molecular weight is 373 g/mol. The molecule has 26 heavy (non-hydrogen) atoms. The lowest BCUT2D eigenvalue weighted by molar-refractivity contribution is 0.0956. The lowest BCUT2D eigenvalue weighted by Crippen LogP contribution is -2.39. The van der Waals surface area contributed by atoms with Crippen molar-refractivity contribution in [3.8, 4) is 0 Å². The number of carbonyl (C=O) groups is 1. The molecule has 1 amide bonds. The number of amides is 1. The Bertz CT molecular complexity index is 695. The summed E-state index contributed by atoms with van der Waals surface area (Å²) >= 11 is 1.79. The van der Waals surface area contributed by atoms with Crippen LogP contribution in [0.4, 0.5) is 0 Å². The maximum atomic E-state index is 11.8. The van der Waals surface area contributed by atoms with Gasteiger partial charge in [-0.3, -0.25) is 4.79 Å². The quantitative estimate of drug-likeness (QED) is 0.553. The summed E-state index contributed by atoms with van der Waals surface area (Å²) in [7, 11) is 2.06. The number of carbonyl (C=O) groups excluding carboxylic acids is 1. The minimum absolute atomic E-state index is 0.0378. The zero-order valence-corrected chi connectivity index (χ0v) is 16.6. The fourth-order valence-electron chi connectivity index (χ4n) is 2.50. The highest BCUT2D eigenvalue weighted by Gasteiger charge is 2.07. The van der Waals surface area contributed by atoms with Crippen molar-refractivity contribution in [2.75, 3.05) is 26.7 Å². The lowest BCUT2D eigenvalue weighted by atomic mass is 10.1. The molecule has 0 aliphatic rings. The summed E-state index contributed by atoms with van der Waals surface area (Å²) < 4.78 is 0. The van der Waals surface area contributed by atoms with Gasteiger partial charge in [-0.2, -0.15) is 0 Å². The molecule has 1 aromatic heterocycles. The molecular formula is C20H28N4OS. The van der Waals surface area contributed by atoms with E-state index in [1.54, 1.807) is 11.3 Å². The van der Waals surface area contributed by atoms with Gasteiger partial charge in [-0.1, -0.05) is 18.2 Å². The highest BCUT2D eigenvalue weighted by atomic mass is 32.1. The molecule has 0 fully saturated rings. The second kappa shape index (κ2) is 10.6. The summed E-state index contributed by atoms with van der Waals surface area (Å²) in [5, 5.41) is 8.26. The predicted molar refractivity (Wildman–Crippen MR) is 110 cm³/mol. The van der Waals surface area contributed by atoms with Crippen LogP contribution in [0.25, 0.3) is 0 Å². The van der Waals surface area contributed by atoms with Crippen molar-refractivity contribution >= 4 is 23.2 Å². The molecule has 0 saturated carbocycles. The van der Waals surface area contributed by atoms with Crippen LogP contribution in [0.1, 0.15) is 34.6 Å². The third-order valence-electron chi connectivity index (χ3n) is 3.94. The van der Waals surface area contributed by atoms with E-state index >= 15 is 0 Å². The van der Waals surface area contributed by atoms with E-state index in [1.807, 2.05) is 31.2 Å². The number of nitrogens with zero attached hydrogens (tertiary/aromatic N) is 2. The van der Waals surface area contributed by atoms with Gasteiger partial charge in [0.25, 0.3) is 5.91 Å². The van der Waals surface area contributed by atoms with Crippen molar-refractivity contribution in [1.82, 2.24) is 15.5 Å². The number of hydrogen-bond donors (Lipinski definition) is 2. The normalized spacial score (nSPS) is 11.3. The van der Waals surface area contributed by atoms with Crippen molar-refractivity contribution in [1.29, 1.82) is 0 Å². The number of hydrogen-bond acceptors (Lipinski definition) is 3. The second-order valence-corrected chi connectivity index (χ2v) is 7.01. The summed E-state index contributed by atoms with van der Waals surface area (Å²) in [6.45, 7) is 6.96. The van der Waals surface area contributed by atoms with Crippen molar-refractivity contribution in [3.05, 3.63) is 57.8 Å². The van der Waals surface area contributed by atoms with Crippen LogP contribution in [0.2, 0.25) is 0 Å². The Morgan fingerprint density at radius 3 is 2.46 bits per heavy atom. The summed E-state index contributed by atoms with van der Waals surface area (Å²) in [6, 6.07) is 11.9. The first kappa shape index (κ1) is 20.0. The number of guanidine groups is 1. The third-order valence-corrected chi connectivity index (χ3v) is 4.87. The summed E-state index contributed by atoms with van der Waals surface area (Å²) in [5.41, 5.74) is 1.76. The molecule has 140 valence electrons. The van der Waals surface area contributed by atoms with Crippen molar-refractivity contribution < 1.29 is 4.79 Å². The minimum Gasteiger partial charge on any atom is -0.357 e.